The minimum atomic E-state index is 0.309. The van der Waals surface area contributed by atoms with Crippen LogP contribution in [0, 0.1) is 0 Å². The summed E-state index contributed by atoms with van der Waals surface area (Å²) in [6, 6.07) is 1.79. The Labute approximate surface area is 113 Å². The Morgan fingerprint density at radius 1 is 0.889 bits per heavy atom. The van der Waals surface area contributed by atoms with E-state index in [4.69, 9.17) is 11.5 Å². The fourth-order valence-electron chi connectivity index (χ4n) is 2.64. The number of nitrogens with two attached hydrogens (primary N) is 2. The van der Waals surface area contributed by atoms with Crippen molar-refractivity contribution in [1.82, 2.24) is 9.80 Å². The monoisotopic (exact) mass is 256 g/mol. The zero-order valence-electron chi connectivity index (χ0n) is 12.6. The van der Waals surface area contributed by atoms with Crippen LogP contribution >= 0.6 is 0 Å². The van der Waals surface area contributed by atoms with Gasteiger partial charge in [0, 0.05) is 50.3 Å². The zero-order valence-corrected chi connectivity index (χ0v) is 12.6. The van der Waals surface area contributed by atoms with Gasteiger partial charge in [0.05, 0.1) is 0 Å². The zero-order chi connectivity index (χ0) is 13.7. The standard InChI is InChI=1S/C14H32N4/c1-5-13(15)9-17-7-12(4)18(8-11(17)3)10-14(16)6-2/h11-14H,5-10,15-16H2,1-4H3. The van der Waals surface area contributed by atoms with Crippen LogP contribution in [0.4, 0.5) is 0 Å². The van der Waals surface area contributed by atoms with E-state index in [1.807, 2.05) is 0 Å². The van der Waals surface area contributed by atoms with Crippen LogP contribution in [0.2, 0.25) is 0 Å². The van der Waals surface area contributed by atoms with Gasteiger partial charge in [0.1, 0.15) is 0 Å². The van der Waals surface area contributed by atoms with Gasteiger partial charge in [0.2, 0.25) is 0 Å². The fraction of sp³-hybridized carbons (Fsp3) is 1.00. The molecule has 108 valence electrons. The van der Waals surface area contributed by atoms with E-state index in [0.717, 1.165) is 39.0 Å². The molecule has 0 spiro atoms. The second kappa shape index (κ2) is 7.43. The summed E-state index contributed by atoms with van der Waals surface area (Å²) >= 11 is 0. The average Bonchev–Trinajstić information content (AvgIpc) is 2.34. The summed E-state index contributed by atoms with van der Waals surface area (Å²) in [6.07, 6.45) is 2.12. The molecule has 1 fully saturated rings. The topological polar surface area (TPSA) is 58.5 Å². The first-order valence-corrected chi connectivity index (χ1v) is 7.47. The van der Waals surface area contributed by atoms with Crippen LogP contribution in [-0.2, 0) is 0 Å². The molecule has 0 aromatic heterocycles. The van der Waals surface area contributed by atoms with E-state index in [9.17, 15) is 0 Å². The quantitative estimate of drug-likeness (QED) is 0.740. The highest BCUT2D eigenvalue weighted by Gasteiger charge is 2.29. The van der Waals surface area contributed by atoms with Crippen molar-refractivity contribution in [3.05, 3.63) is 0 Å². The number of nitrogens with zero attached hydrogens (tertiary/aromatic N) is 2. The van der Waals surface area contributed by atoms with Gasteiger partial charge in [-0.2, -0.15) is 0 Å². The molecule has 4 unspecified atom stereocenters. The second-order valence-corrected chi connectivity index (χ2v) is 5.94. The molecular weight excluding hydrogens is 224 g/mol. The van der Waals surface area contributed by atoms with E-state index < -0.39 is 0 Å². The van der Waals surface area contributed by atoms with Crippen LogP contribution in [0.1, 0.15) is 40.5 Å². The van der Waals surface area contributed by atoms with Crippen molar-refractivity contribution in [1.29, 1.82) is 0 Å². The Morgan fingerprint density at radius 2 is 1.22 bits per heavy atom. The molecule has 1 heterocycles. The molecule has 4 atom stereocenters. The second-order valence-electron chi connectivity index (χ2n) is 5.94. The highest BCUT2D eigenvalue weighted by atomic mass is 15.3. The summed E-state index contributed by atoms with van der Waals surface area (Å²) in [7, 11) is 0. The van der Waals surface area contributed by atoms with Gasteiger partial charge in [-0.3, -0.25) is 9.80 Å². The van der Waals surface area contributed by atoms with Gasteiger partial charge in [-0.25, -0.2) is 0 Å². The molecule has 1 aliphatic heterocycles. The molecule has 0 saturated carbocycles. The molecule has 4 N–H and O–H groups in total. The molecule has 0 aliphatic carbocycles. The first-order valence-electron chi connectivity index (χ1n) is 7.47. The van der Waals surface area contributed by atoms with Crippen molar-refractivity contribution in [2.45, 2.75) is 64.7 Å². The molecular formula is C14H32N4. The Bertz CT molecular complexity index is 210. The molecule has 0 aromatic carbocycles. The van der Waals surface area contributed by atoms with Crippen molar-refractivity contribution in [2.24, 2.45) is 11.5 Å². The minimum Gasteiger partial charge on any atom is -0.327 e. The van der Waals surface area contributed by atoms with Gasteiger partial charge in [0.15, 0.2) is 0 Å². The third-order valence-electron chi connectivity index (χ3n) is 4.23. The van der Waals surface area contributed by atoms with Gasteiger partial charge in [-0.15, -0.1) is 0 Å². The van der Waals surface area contributed by atoms with Gasteiger partial charge < -0.3 is 11.5 Å². The number of hydrogen-bond acceptors (Lipinski definition) is 4. The van der Waals surface area contributed by atoms with Crippen molar-refractivity contribution in [2.75, 3.05) is 26.2 Å². The Morgan fingerprint density at radius 3 is 1.50 bits per heavy atom. The number of hydrogen-bond donors (Lipinski definition) is 2. The smallest absolute Gasteiger partial charge is 0.0196 e. The van der Waals surface area contributed by atoms with Gasteiger partial charge in [-0.05, 0) is 26.7 Å². The highest BCUT2D eigenvalue weighted by molar-refractivity contribution is 4.87. The molecule has 1 aliphatic rings. The van der Waals surface area contributed by atoms with E-state index in [-0.39, 0.29) is 0 Å². The lowest BCUT2D eigenvalue weighted by molar-refractivity contribution is 0.0354. The van der Waals surface area contributed by atoms with Crippen molar-refractivity contribution in [3.8, 4) is 0 Å². The lowest BCUT2D eigenvalue weighted by atomic mass is 10.1. The van der Waals surface area contributed by atoms with E-state index in [2.05, 4.69) is 37.5 Å². The van der Waals surface area contributed by atoms with Crippen LogP contribution in [0.3, 0.4) is 0 Å². The molecule has 0 radical (unpaired) electrons. The maximum absolute atomic E-state index is 6.07. The molecule has 0 bridgehead atoms. The van der Waals surface area contributed by atoms with Crippen LogP contribution in [-0.4, -0.2) is 60.1 Å². The summed E-state index contributed by atoms with van der Waals surface area (Å²) in [5, 5.41) is 0. The number of piperazine rings is 1. The predicted octanol–water partition coefficient (Wildman–Crippen LogP) is 0.856. The number of rotatable bonds is 6. The van der Waals surface area contributed by atoms with E-state index in [1.54, 1.807) is 0 Å². The Hall–Kier alpha value is -0.160. The Kier molecular flexibility index (Phi) is 6.57. The van der Waals surface area contributed by atoms with Crippen LogP contribution in [0.25, 0.3) is 0 Å². The van der Waals surface area contributed by atoms with Crippen molar-refractivity contribution < 1.29 is 0 Å². The van der Waals surface area contributed by atoms with Gasteiger partial charge in [0.25, 0.3) is 0 Å². The lowest BCUT2D eigenvalue weighted by Gasteiger charge is -2.45. The van der Waals surface area contributed by atoms with Crippen molar-refractivity contribution in [3.63, 3.8) is 0 Å². The minimum absolute atomic E-state index is 0.309. The summed E-state index contributed by atoms with van der Waals surface area (Å²) in [4.78, 5) is 5.07. The predicted molar refractivity (Wildman–Crippen MR) is 78.6 cm³/mol. The summed E-state index contributed by atoms with van der Waals surface area (Å²) in [5.74, 6) is 0. The third-order valence-corrected chi connectivity index (χ3v) is 4.23. The molecule has 1 rings (SSSR count). The first kappa shape index (κ1) is 15.9. The van der Waals surface area contributed by atoms with E-state index in [1.165, 1.54) is 0 Å². The van der Waals surface area contributed by atoms with Crippen molar-refractivity contribution >= 4 is 0 Å². The summed E-state index contributed by atoms with van der Waals surface area (Å²) < 4.78 is 0. The van der Waals surface area contributed by atoms with E-state index >= 15 is 0 Å². The van der Waals surface area contributed by atoms with Crippen LogP contribution in [0.15, 0.2) is 0 Å². The maximum atomic E-state index is 6.07. The first-order chi connectivity index (χ1) is 8.47. The van der Waals surface area contributed by atoms with Gasteiger partial charge in [-0.1, -0.05) is 13.8 Å². The lowest BCUT2D eigenvalue weighted by Crippen LogP contribution is -2.59. The fourth-order valence-corrected chi connectivity index (χ4v) is 2.64. The Balaban J connectivity index is 2.48. The third kappa shape index (κ3) is 4.50. The molecule has 1 saturated heterocycles. The maximum Gasteiger partial charge on any atom is 0.0196 e. The van der Waals surface area contributed by atoms with Gasteiger partial charge >= 0.3 is 0 Å². The average molecular weight is 256 g/mol. The highest BCUT2D eigenvalue weighted by Crippen LogP contribution is 2.16. The molecule has 18 heavy (non-hydrogen) atoms. The van der Waals surface area contributed by atoms with Crippen LogP contribution < -0.4 is 11.5 Å². The molecule has 4 nitrogen and oxygen atoms in total. The normalized spacial score (nSPS) is 30.3. The summed E-state index contributed by atoms with van der Waals surface area (Å²) in [5.41, 5.74) is 12.1. The van der Waals surface area contributed by atoms with Crippen LogP contribution in [0.5, 0.6) is 0 Å². The van der Waals surface area contributed by atoms with E-state index in [0.29, 0.717) is 24.2 Å². The molecule has 0 amide bonds. The SMILES string of the molecule is CCC(N)CN1CC(C)N(CC(N)CC)CC1C. The summed E-state index contributed by atoms with van der Waals surface area (Å²) in [6.45, 7) is 13.2. The molecule has 0 aromatic rings. The molecule has 4 heteroatoms. The largest absolute Gasteiger partial charge is 0.327 e.